The van der Waals surface area contributed by atoms with Gasteiger partial charge in [-0.1, -0.05) is 18.2 Å². The largest absolute Gasteiger partial charge is 0.478 e. The molecule has 1 aromatic heterocycles. The lowest BCUT2D eigenvalue weighted by molar-refractivity contribution is -0.384. The number of benzene rings is 1. The van der Waals surface area contributed by atoms with Gasteiger partial charge < -0.3 is 5.11 Å². The molecule has 1 aromatic carbocycles. The number of carboxylic acids is 1. The molecular formula is C15H12N2O4. The Hall–Kier alpha value is -3.02. The summed E-state index contributed by atoms with van der Waals surface area (Å²) in [5.41, 5.74) is 2.58. The van der Waals surface area contributed by atoms with E-state index in [4.69, 9.17) is 5.11 Å². The summed E-state index contributed by atoms with van der Waals surface area (Å²) in [5, 5.41) is 19.4. The second-order valence-electron chi connectivity index (χ2n) is 4.35. The van der Waals surface area contributed by atoms with Gasteiger partial charge in [-0.15, -0.1) is 0 Å². The van der Waals surface area contributed by atoms with Gasteiger partial charge in [0.2, 0.25) is 0 Å². The van der Waals surface area contributed by atoms with Crippen LogP contribution in [0.25, 0.3) is 17.3 Å². The second kappa shape index (κ2) is 5.96. The highest BCUT2D eigenvalue weighted by atomic mass is 16.6. The van der Waals surface area contributed by atoms with Crippen molar-refractivity contribution in [2.45, 2.75) is 6.92 Å². The molecule has 0 saturated heterocycles. The van der Waals surface area contributed by atoms with Crippen molar-refractivity contribution in [2.75, 3.05) is 0 Å². The van der Waals surface area contributed by atoms with Crippen LogP contribution in [-0.4, -0.2) is 21.0 Å². The summed E-state index contributed by atoms with van der Waals surface area (Å²) in [6.07, 6.45) is 2.50. The van der Waals surface area contributed by atoms with E-state index in [1.807, 2.05) is 0 Å². The third kappa shape index (κ3) is 3.50. The summed E-state index contributed by atoms with van der Waals surface area (Å²) >= 11 is 0. The highest BCUT2D eigenvalue weighted by Crippen LogP contribution is 2.23. The normalized spacial score (nSPS) is 10.7. The van der Waals surface area contributed by atoms with Crippen molar-refractivity contribution in [3.63, 3.8) is 0 Å². The highest BCUT2D eigenvalue weighted by molar-refractivity contribution is 5.85. The molecule has 6 nitrogen and oxygen atoms in total. The van der Waals surface area contributed by atoms with Crippen LogP contribution in [0.2, 0.25) is 0 Å². The van der Waals surface area contributed by atoms with E-state index in [0.717, 1.165) is 6.08 Å². The number of pyridine rings is 1. The van der Waals surface area contributed by atoms with Crippen LogP contribution >= 0.6 is 0 Å². The summed E-state index contributed by atoms with van der Waals surface area (Å²) in [7, 11) is 0. The van der Waals surface area contributed by atoms with Gasteiger partial charge in [-0.25, -0.2) is 4.79 Å². The van der Waals surface area contributed by atoms with Crippen molar-refractivity contribution < 1.29 is 14.8 Å². The molecule has 2 aromatic rings. The van der Waals surface area contributed by atoms with E-state index in [1.165, 1.54) is 18.2 Å². The van der Waals surface area contributed by atoms with Crippen LogP contribution < -0.4 is 0 Å². The second-order valence-corrected chi connectivity index (χ2v) is 4.35. The van der Waals surface area contributed by atoms with Crippen molar-refractivity contribution in [3.05, 3.63) is 63.8 Å². The molecule has 6 heteroatoms. The van der Waals surface area contributed by atoms with Gasteiger partial charge in [0.05, 0.1) is 10.6 Å². The van der Waals surface area contributed by atoms with Gasteiger partial charge in [-0.3, -0.25) is 15.1 Å². The quantitative estimate of drug-likeness (QED) is 0.529. The van der Waals surface area contributed by atoms with Crippen LogP contribution in [0.4, 0.5) is 5.69 Å². The number of aryl methyl sites for hydroxylation is 1. The topological polar surface area (TPSA) is 93.3 Å². The first kappa shape index (κ1) is 14.4. The minimum absolute atomic E-state index is 0.00167. The van der Waals surface area contributed by atoms with Gasteiger partial charge >= 0.3 is 5.97 Å². The summed E-state index contributed by atoms with van der Waals surface area (Å²) in [4.78, 5) is 25.2. The maximum Gasteiger partial charge on any atom is 0.328 e. The monoisotopic (exact) mass is 284 g/mol. The lowest BCUT2D eigenvalue weighted by Gasteiger charge is -2.05. The zero-order chi connectivity index (χ0) is 15.4. The SMILES string of the molecule is Cc1nc(-c2cccc([N+](=O)[O-])c2)ccc1/C=C/C(=O)O. The van der Waals surface area contributed by atoms with Gasteiger partial charge in [0.25, 0.3) is 5.69 Å². The Kier molecular flexibility index (Phi) is 4.08. The standard InChI is InChI=1S/C15H12N2O4/c1-10-11(6-8-15(18)19)5-7-14(16-10)12-3-2-4-13(9-12)17(20)21/h2-9H,1H3,(H,18,19)/b8-6+. The fraction of sp³-hybridized carbons (Fsp3) is 0.0667. The van der Waals surface area contributed by atoms with Crippen molar-refractivity contribution >= 4 is 17.7 Å². The Bertz CT molecular complexity index is 738. The zero-order valence-corrected chi connectivity index (χ0v) is 11.2. The number of carboxylic acid groups (broad SMARTS) is 1. The Balaban J connectivity index is 2.38. The molecule has 21 heavy (non-hydrogen) atoms. The lowest BCUT2D eigenvalue weighted by atomic mass is 10.1. The number of nitro benzene ring substituents is 1. The first-order valence-corrected chi connectivity index (χ1v) is 6.11. The number of non-ortho nitro benzene ring substituents is 1. The van der Waals surface area contributed by atoms with E-state index < -0.39 is 10.9 Å². The molecule has 2 rings (SSSR count). The third-order valence-electron chi connectivity index (χ3n) is 2.88. The molecule has 106 valence electrons. The van der Waals surface area contributed by atoms with Crippen LogP contribution in [0.3, 0.4) is 0 Å². The number of aromatic nitrogens is 1. The molecule has 1 N–H and O–H groups in total. The minimum Gasteiger partial charge on any atom is -0.478 e. The minimum atomic E-state index is -1.03. The van der Waals surface area contributed by atoms with Crippen molar-refractivity contribution in [1.82, 2.24) is 4.98 Å². The Labute approximate surface area is 120 Å². The Morgan fingerprint density at radius 2 is 2.10 bits per heavy atom. The van der Waals surface area contributed by atoms with E-state index in [1.54, 1.807) is 31.2 Å². The van der Waals surface area contributed by atoms with Gasteiger partial charge in [-0.05, 0) is 24.6 Å². The number of rotatable bonds is 4. The molecule has 0 unspecified atom stereocenters. The molecule has 0 bridgehead atoms. The Morgan fingerprint density at radius 3 is 2.71 bits per heavy atom. The molecule has 0 spiro atoms. The van der Waals surface area contributed by atoms with E-state index in [9.17, 15) is 14.9 Å². The number of nitrogens with zero attached hydrogens (tertiary/aromatic N) is 2. The predicted molar refractivity (Wildman–Crippen MR) is 77.7 cm³/mol. The molecule has 1 heterocycles. The van der Waals surface area contributed by atoms with Crippen molar-refractivity contribution in [2.24, 2.45) is 0 Å². The van der Waals surface area contributed by atoms with Gasteiger partial charge in [-0.2, -0.15) is 0 Å². The predicted octanol–water partition coefficient (Wildman–Crippen LogP) is 3.06. The number of aliphatic carboxylic acids is 1. The first-order chi connectivity index (χ1) is 9.97. The van der Waals surface area contributed by atoms with E-state index in [0.29, 0.717) is 22.5 Å². The number of nitro groups is 1. The maximum atomic E-state index is 10.8. The average molecular weight is 284 g/mol. The molecule has 0 aliphatic rings. The van der Waals surface area contributed by atoms with Crippen LogP contribution in [0.5, 0.6) is 0 Å². The number of hydrogen-bond donors (Lipinski definition) is 1. The third-order valence-corrected chi connectivity index (χ3v) is 2.88. The molecule has 0 radical (unpaired) electrons. The van der Waals surface area contributed by atoms with Crippen molar-refractivity contribution in [3.8, 4) is 11.3 Å². The van der Waals surface area contributed by atoms with Crippen LogP contribution in [-0.2, 0) is 4.79 Å². The van der Waals surface area contributed by atoms with Gasteiger partial charge in [0.15, 0.2) is 0 Å². The molecule has 0 amide bonds. The summed E-state index contributed by atoms with van der Waals surface area (Å²) in [5.74, 6) is -1.03. The van der Waals surface area contributed by atoms with Crippen LogP contribution in [0.1, 0.15) is 11.3 Å². The molecule has 0 saturated carbocycles. The summed E-state index contributed by atoms with van der Waals surface area (Å²) in [6.45, 7) is 1.75. The summed E-state index contributed by atoms with van der Waals surface area (Å²) in [6, 6.07) is 9.64. The molecule has 0 aliphatic heterocycles. The molecular weight excluding hydrogens is 272 g/mol. The van der Waals surface area contributed by atoms with Crippen molar-refractivity contribution in [1.29, 1.82) is 0 Å². The van der Waals surface area contributed by atoms with E-state index >= 15 is 0 Å². The molecule has 0 atom stereocenters. The Morgan fingerprint density at radius 1 is 1.33 bits per heavy atom. The average Bonchev–Trinajstić information content (AvgIpc) is 2.46. The van der Waals surface area contributed by atoms with E-state index in [2.05, 4.69) is 4.98 Å². The molecule has 0 aliphatic carbocycles. The van der Waals surface area contributed by atoms with Crippen LogP contribution in [0, 0.1) is 17.0 Å². The number of hydrogen-bond acceptors (Lipinski definition) is 4. The first-order valence-electron chi connectivity index (χ1n) is 6.11. The van der Waals surface area contributed by atoms with Gasteiger partial charge in [0.1, 0.15) is 0 Å². The fourth-order valence-electron chi connectivity index (χ4n) is 1.85. The molecule has 0 fully saturated rings. The highest BCUT2D eigenvalue weighted by Gasteiger charge is 2.08. The van der Waals surface area contributed by atoms with Gasteiger partial charge in [0, 0.05) is 29.5 Å². The lowest BCUT2D eigenvalue weighted by Crippen LogP contribution is -1.93. The van der Waals surface area contributed by atoms with Crippen LogP contribution in [0.15, 0.2) is 42.5 Å². The summed E-state index contributed by atoms with van der Waals surface area (Å²) < 4.78 is 0. The zero-order valence-electron chi connectivity index (χ0n) is 11.2. The maximum absolute atomic E-state index is 10.8. The van der Waals surface area contributed by atoms with E-state index in [-0.39, 0.29) is 5.69 Å². The smallest absolute Gasteiger partial charge is 0.328 e. The fourth-order valence-corrected chi connectivity index (χ4v) is 1.85. The number of carbonyl (C=O) groups is 1.